The van der Waals surface area contributed by atoms with Crippen molar-refractivity contribution in [3.63, 3.8) is 0 Å². The second kappa shape index (κ2) is 12.2. The van der Waals surface area contributed by atoms with Crippen LogP contribution >= 0.6 is 0 Å². The molecule has 0 bridgehead atoms. The third kappa shape index (κ3) is 8.49. The van der Waals surface area contributed by atoms with Gasteiger partial charge in [-0.05, 0) is 69.9 Å². The number of ether oxygens (including phenoxy) is 1. The number of esters is 1. The lowest BCUT2D eigenvalue weighted by Gasteiger charge is -2.37. The molecule has 1 aromatic rings. The summed E-state index contributed by atoms with van der Waals surface area (Å²) in [6.07, 6.45) is 3.90. The third-order valence-electron chi connectivity index (χ3n) is 6.32. The van der Waals surface area contributed by atoms with Crippen LogP contribution in [0.1, 0.15) is 105 Å². The summed E-state index contributed by atoms with van der Waals surface area (Å²) in [5.74, 6) is -0.407. The molecule has 6 heteroatoms. The van der Waals surface area contributed by atoms with Gasteiger partial charge in [-0.3, -0.25) is 14.4 Å². The first-order valence-electron chi connectivity index (χ1n) is 12.2. The first-order valence-corrected chi connectivity index (χ1v) is 12.2. The summed E-state index contributed by atoms with van der Waals surface area (Å²) in [7, 11) is 0. The first-order chi connectivity index (χ1) is 15.3. The van der Waals surface area contributed by atoms with Crippen LogP contribution in [0, 0.1) is 5.41 Å². The van der Waals surface area contributed by atoms with Crippen LogP contribution in [0.25, 0.3) is 0 Å². The monoisotopic (exact) mass is 460 g/mol. The molecular formula is C27H44N2O4. The van der Waals surface area contributed by atoms with Crippen LogP contribution in [0.3, 0.4) is 0 Å². The fourth-order valence-corrected chi connectivity index (χ4v) is 4.17. The van der Waals surface area contributed by atoms with E-state index in [0.29, 0.717) is 19.3 Å². The Bertz CT molecular complexity index is 816. The van der Waals surface area contributed by atoms with Crippen molar-refractivity contribution in [2.75, 3.05) is 6.73 Å². The van der Waals surface area contributed by atoms with Crippen molar-refractivity contribution in [2.45, 2.75) is 105 Å². The molecule has 0 fully saturated rings. The number of carbonyl (C=O) groups excluding carboxylic acids is 3. The smallest absolute Gasteiger partial charge is 0.313 e. The second-order valence-corrected chi connectivity index (χ2v) is 10.4. The van der Waals surface area contributed by atoms with Gasteiger partial charge in [-0.25, -0.2) is 0 Å². The van der Waals surface area contributed by atoms with E-state index in [1.165, 1.54) is 0 Å². The molecule has 2 N–H and O–H groups in total. The van der Waals surface area contributed by atoms with E-state index >= 15 is 0 Å². The maximum Gasteiger partial charge on any atom is 0.313 e. The lowest BCUT2D eigenvalue weighted by atomic mass is 9.68. The van der Waals surface area contributed by atoms with E-state index in [1.54, 1.807) is 0 Å². The summed E-state index contributed by atoms with van der Waals surface area (Å²) in [5.41, 5.74) is 0.650. The SMILES string of the molecule is CCCC(=O)NCOC(=O)C(C)(C)CC(C)(CC)c1cccc(C(C)(C)NC(=O)CCC)c1. The molecule has 0 aromatic heterocycles. The molecule has 0 saturated carbocycles. The van der Waals surface area contributed by atoms with Gasteiger partial charge in [-0.15, -0.1) is 0 Å². The number of rotatable bonds is 13. The summed E-state index contributed by atoms with van der Waals surface area (Å²) >= 11 is 0. The van der Waals surface area contributed by atoms with Crippen LogP contribution in [0.4, 0.5) is 0 Å². The molecule has 0 aliphatic carbocycles. The van der Waals surface area contributed by atoms with Gasteiger partial charge in [0.05, 0.1) is 11.0 Å². The Morgan fingerprint density at radius 3 is 2.03 bits per heavy atom. The van der Waals surface area contributed by atoms with Crippen LogP contribution in [0.5, 0.6) is 0 Å². The van der Waals surface area contributed by atoms with E-state index in [9.17, 15) is 14.4 Å². The fraction of sp³-hybridized carbons (Fsp3) is 0.667. The van der Waals surface area contributed by atoms with Crippen molar-refractivity contribution in [3.8, 4) is 0 Å². The van der Waals surface area contributed by atoms with Gasteiger partial charge < -0.3 is 15.4 Å². The lowest BCUT2D eigenvalue weighted by molar-refractivity contribution is -0.156. The number of benzene rings is 1. The van der Waals surface area contributed by atoms with Gasteiger partial charge in [0.25, 0.3) is 0 Å². The van der Waals surface area contributed by atoms with E-state index < -0.39 is 11.0 Å². The summed E-state index contributed by atoms with van der Waals surface area (Å²) in [4.78, 5) is 36.6. The summed E-state index contributed by atoms with van der Waals surface area (Å²) in [6, 6.07) is 8.27. The highest BCUT2D eigenvalue weighted by molar-refractivity contribution is 5.78. The zero-order valence-corrected chi connectivity index (χ0v) is 21.9. The summed E-state index contributed by atoms with van der Waals surface area (Å²) in [5, 5.41) is 5.76. The number of hydrogen-bond acceptors (Lipinski definition) is 4. The standard InChI is InChI=1S/C27H44N2O4/c1-9-13-22(30)28-19-33-24(32)25(4,5)18-27(8,11-3)21-16-12-15-20(17-21)26(6,7)29-23(31)14-10-2/h12,15-17H,9-11,13-14,18-19H2,1-8H3,(H,28,30)(H,29,31). The van der Waals surface area contributed by atoms with Crippen molar-refractivity contribution in [3.05, 3.63) is 35.4 Å². The van der Waals surface area contributed by atoms with E-state index in [4.69, 9.17) is 4.74 Å². The minimum Gasteiger partial charge on any atom is -0.444 e. The van der Waals surface area contributed by atoms with Crippen molar-refractivity contribution < 1.29 is 19.1 Å². The highest BCUT2D eigenvalue weighted by atomic mass is 16.5. The summed E-state index contributed by atoms with van der Waals surface area (Å²) < 4.78 is 5.38. The zero-order valence-electron chi connectivity index (χ0n) is 21.9. The molecule has 1 aromatic carbocycles. The molecule has 0 saturated heterocycles. The molecule has 1 atom stereocenters. The number of hydrogen-bond donors (Lipinski definition) is 2. The van der Waals surface area contributed by atoms with E-state index in [0.717, 1.165) is 30.4 Å². The van der Waals surface area contributed by atoms with Crippen LogP contribution in [0.15, 0.2) is 24.3 Å². The number of nitrogens with one attached hydrogen (secondary N) is 2. The van der Waals surface area contributed by atoms with Gasteiger partial charge in [0.1, 0.15) is 0 Å². The average molecular weight is 461 g/mol. The second-order valence-electron chi connectivity index (χ2n) is 10.4. The summed E-state index contributed by atoms with van der Waals surface area (Å²) in [6.45, 7) is 15.9. The Morgan fingerprint density at radius 2 is 1.45 bits per heavy atom. The highest BCUT2D eigenvalue weighted by Gasteiger charge is 2.39. The van der Waals surface area contributed by atoms with E-state index in [1.807, 2.05) is 53.7 Å². The third-order valence-corrected chi connectivity index (χ3v) is 6.32. The maximum absolute atomic E-state index is 12.8. The van der Waals surface area contributed by atoms with Crippen LogP contribution in [-0.4, -0.2) is 24.5 Å². The van der Waals surface area contributed by atoms with Crippen molar-refractivity contribution in [1.82, 2.24) is 10.6 Å². The van der Waals surface area contributed by atoms with Crippen LogP contribution in [-0.2, 0) is 30.1 Å². The molecule has 0 spiro atoms. The van der Waals surface area contributed by atoms with Gasteiger partial charge in [0, 0.05) is 12.8 Å². The van der Waals surface area contributed by atoms with E-state index in [2.05, 4.69) is 36.6 Å². The molecule has 0 heterocycles. The fourth-order valence-electron chi connectivity index (χ4n) is 4.17. The first kappa shape index (κ1) is 28.7. The van der Waals surface area contributed by atoms with Crippen LogP contribution in [0.2, 0.25) is 0 Å². The Kier molecular flexibility index (Phi) is 10.6. The molecule has 186 valence electrons. The van der Waals surface area contributed by atoms with Gasteiger partial charge >= 0.3 is 5.97 Å². The van der Waals surface area contributed by atoms with Gasteiger partial charge in [0.2, 0.25) is 11.8 Å². The molecule has 33 heavy (non-hydrogen) atoms. The quantitative estimate of drug-likeness (QED) is 0.307. The molecular weight excluding hydrogens is 416 g/mol. The average Bonchev–Trinajstić information content (AvgIpc) is 2.73. The topological polar surface area (TPSA) is 84.5 Å². The van der Waals surface area contributed by atoms with Gasteiger partial charge in [-0.1, -0.05) is 52.0 Å². The number of amides is 2. The molecule has 0 aliphatic rings. The Labute approximate surface area is 200 Å². The molecule has 1 unspecified atom stereocenters. The Morgan fingerprint density at radius 1 is 0.879 bits per heavy atom. The molecule has 1 rings (SSSR count). The van der Waals surface area contributed by atoms with E-state index in [-0.39, 0.29) is 29.9 Å². The number of carbonyl (C=O) groups is 3. The van der Waals surface area contributed by atoms with Crippen molar-refractivity contribution in [2.24, 2.45) is 5.41 Å². The maximum atomic E-state index is 12.8. The predicted molar refractivity (Wildman–Crippen MR) is 133 cm³/mol. The highest BCUT2D eigenvalue weighted by Crippen LogP contribution is 2.41. The van der Waals surface area contributed by atoms with Crippen LogP contribution < -0.4 is 10.6 Å². The lowest BCUT2D eigenvalue weighted by Crippen LogP contribution is -2.41. The molecule has 0 radical (unpaired) electrons. The Hall–Kier alpha value is -2.37. The van der Waals surface area contributed by atoms with Crippen molar-refractivity contribution in [1.29, 1.82) is 0 Å². The largest absolute Gasteiger partial charge is 0.444 e. The molecule has 0 aliphatic heterocycles. The normalized spacial score (nSPS) is 13.7. The zero-order chi connectivity index (χ0) is 25.3. The minimum atomic E-state index is -0.735. The minimum absolute atomic E-state index is 0.0427. The predicted octanol–water partition coefficient (Wildman–Crippen LogP) is 5.34. The molecule has 2 amide bonds. The van der Waals surface area contributed by atoms with Gasteiger partial charge in [-0.2, -0.15) is 0 Å². The Balaban J connectivity index is 3.01. The van der Waals surface area contributed by atoms with Gasteiger partial charge in [0.15, 0.2) is 6.73 Å². The molecule has 6 nitrogen and oxygen atoms in total. The van der Waals surface area contributed by atoms with Crippen molar-refractivity contribution >= 4 is 17.8 Å².